The van der Waals surface area contributed by atoms with Crippen molar-refractivity contribution >= 4 is 13.8 Å². The van der Waals surface area contributed by atoms with Crippen LogP contribution in [0.1, 0.15) is 199 Å². The summed E-state index contributed by atoms with van der Waals surface area (Å²) in [7, 11) is -4.71. The SMILES string of the molecule is CCCCC/C=C\C/C=C\C/C=C\CCCCC(=O)OCCCC(CC[C@H](C)CCC[C@H](C)CCCC(C)C)[C@]1(C)CCc2c(C)c(OP(=O)(O)O)c(C)c(C)c2O1. The van der Waals surface area contributed by atoms with Gasteiger partial charge in [0, 0.05) is 12.0 Å². The average Bonchev–Trinajstić information content (AvgIpc) is 3.16. The van der Waals surface area contributed by atoms with Crippen molar-refractivity contribution in [1.82, 2.24) is 0 Å². The molecule has 0 radical (unpaired) electrons. The third kappa shape index (κ3) is 20.8. The van der Waals surface area contributed by atoms with E-state index in [2.05, 4.69) is 78.0 Å². The zero-order chi connectivity index (χ0) is 43.0. The van der Waals surface area contributed by atoms with Crippen LogP contribution in [0.5, 0.6) is 11.5 Å². The van der Waals surface area contributed by atoms with Crippen molar-refractivity contribution in [2.45, 2.75) is 209 Å². The minimum atomic E-state index is -4.71. The van der Waals surface area contributed by atoms with Gasteiger partial charge in [0.1, 0.15) is 17.1 Å². The fourth-order valence-electron chi connectivity index (χ4n) is 8.42. The lowest BCUT2D eigenvalue weighted by Gasteiger charge is -2.43. The van der Waals surface area contributed by atoms with Crippen LogP contribution in [-0.4, -0.2) is 28.0 Å². The lowest BCUT2D eigenvalue weighted by atomic mass is 9.75. The van der Waals surface area contributed by atoms with Gasteiger partial charge in [0.15, 0.2) is 0 Å². The highest BCUT2D eigenvalue weighted by Crippen LogP contribution is 2.50. The molecule has 0 saturated heterocycles. The van der Waals surface area contributed by atoms with Crippen LogP contribution < -0.4 is 9.26 Å². The first-order chi connectivity index (χ1) is 27.6. The molecule has 1 unspecified atom stereocenters. The lowest BCUT2D eigenvalue weighted by Crippen LogP contribution is -2.44. The van der Waals surface area contributed by atoms with Gasteiger partial charge in [0.25, 0.3) is 0 Å². The van der Waals surface area contributed by atoms with Crippen molar-refractivity contribution < 1.29 is 33.1 Å². The molecule has 332 valence electrons. The van der Waals surface area contributed by atoms with Gasteiger partial charge in [-0.15, -0.1) is 0 Å². The Morgan fingerprint density at radius 1 is 0.741 bits per heavy atom. The predicted octanol–water partition coefficient (Wildman–Crippen LogP) is 14.7. The van der Waals surface area contributed by atoms with Crippen LogP contribution in [0.15, 0.2) is 36.5 Å². The summed E-state index contributed by atoms with van der Waals surface area (Å²) < 4.78 is 29.7. The van der Waals surface area contributed by atoms with Gasteiger partial charge in [-0.25, -0.2) is 4.57 Å². The number of unbranched alkanes of at least 4 members (excludes halogenated alkanes) is 5. The number of ether oxygens (including phenoxy) is 2. The molecule has 1 heterocycles. The van der Waals surface area contributed by atoms with Crippen LogP contribution in [-0.2, 0) is 20.5 Å². The Morgan fingerprint density at radius 2 is 1.33 bits per heavy atom. The molecular weight excluding hydrogens is 744 g/mol. The summed E-state index contributed by atoms with van der Waals surface area (Å²) in [6, 6.07) is 0. The molecule has 2 rings (SSSR count). The Kier molecular flexibility index (Phi) is 25.2. The van der Waals surface area contributed by atoms with Gasteiger partial charge < -0.3 is 14.0 Å². The molecule has 0 amide bonds. The maximum atomic E-state index is 12.7. The third-order valence-electron chi connectivity index (χ3n) is 12.5. The van der Waals surface area contributed by atoms with Gasteiger partial charge in [-0.3, -0.25) is 14.6 Å². The van der Waals surface area contributed by atoms with Crippen molar-refractivity contribution in [1.29, 1.82) is 0 Å². The zero-order valence-electron chi connectivity index (χ0n) is 38.4. The Balaban J connectivity index is 1.92. The highest BCUT2D eigenvalue weighted by atomic mass is 31.2. The van der Waals surface area contributed by atoms with E-state index in [1.807, 2.05) is 20.8 Å². The number of benzene rings is 1. The number of hydrogen-bond donors (Lipinski definition) is 2. The standard InChI is InChI=1S/C50H85O7P/c1-10-11-12-13-14-15-16-17-18-19-20-21-22-23-24-33-47(51)55-38-27-32-45(35-34-41(5)31-26-30-40(4)29-25-28-39(2)3)50(9)37-36-46-44(8)48(57-58(52,53)54)42(6)43(7)49(46)56-50/h14-15,17-18,20-21,39-41,45H,10-13,16,19,22-38H2,1-9H3,(H2,52,53,54)/b15-14-,18-17-,21-20-/t40-,41-,45?,50+/m1/s1. The molecule has 0 aliphatic carbocycles. The van der Waals surface area contributed by atoms with Crippen molar-refractivity contribution in [2.75, 3.05) is 6.61 Å². The average molecular weight is 829 g/mol. The van der Waals surface area contributed by atoms with E-state index in [0.29, 0.717) is 24.5 Å². The third-order valence-corrected chi connectivity index (χ3v) is 12.9. The number of allylic oxidation sites excluding steroid dienone is 6. The molecule has 1 aromatic carbocycles. The fourth-order valence-corrected chi connectivity index (χ4v) is 8.94. The van der Waals surface area contributed by atoms with Crippen molar-refractivity contribution in [3.63, 3.8) is 0 Å². The molecule has 0 fully saturated rings. The number of carbonyl (C=O) groups excluding carboxylic acids is 1. The molecule has 1 aromatic rings. The molecular formula is C50H85O7P. The normalized spacial score (nSPS) is 17.6. The van der Waals surface area contributed by atoms with Crippen molar-refractivity contribution in [3.05, 3.63) is 58.7 Å². The highest BCUT2D eigenvalue weighted by molar-refractivity contribution is 7.46. The van der Waals surface area contributed by atoms with E-state index in [1.165, 1.54) is 64.2 Å². The lowest BCUT2D eigenvalue weighted by molar-refractivity contribution is -0.144. The molecule has 4 atom stereocenters. The van der Waals surface area contributed by atoms with Gasteiger partial charge in [-0.05, 0) is 145 Å². The largest absolute Gasteiger partial charge is 0.524 e. The smallest absolute Gasteiger partial charge is 0.487 e. The molecule has 0 saturated carbocycles. The van der Waals surface area contributed by atoms with E-state index >= 15 is 0 Å². The Bertz CT molecular complexity index is 1460. The maximum Gasteiger partial charge on any atom is 0.524 e. The predicted molar refractivity (Wildman–Crippen MR) is 244 cm³/mol. The first-order valence-corrected chi connectivity index (χ1v) is 24.8. The van der Waals surface area contributed by atoms with E-state index in [4.69, 9.17) is 14.0 Å². The minimum absolute atomic E-state index is 0.109. The molecule has 0 aromatic heterocycles. The molecule has 0 bridgehead atoms. The van der Waals surface area contributed by atoms with Gasteiger partial charge >= 0.3 is 13.8 Å². The number of phosphoric ester groups is 1. The van der Waals surface area contributed by atoms with Crippen molar-refractivity contribution in [3.8, 4) is 11.5 Å². The second kappa shape index (κ2) is 28.2. The van der Waals surface area contributed by atoms with Crippen LogP contribution in [0.3, 0.4) is 0 Å². The first-order valence-electron chi connectivity index (χ1n) is 23.2. The summed E-state index contributed by atoms with van der Waals surface area (Å²) in [5.41, 5.74) is 2.85. The summed E-state index contributed by atoms with van der Waals surface area (Å²) in [6.45, 7) is 20.0. The Morgan fingerprint density at radius 3 is 1.93 bits per heavy atom. The number of carbonyl (C=O) groups is 1. The zero-order valence-corrected chi connectivity index (χ0v) is 39.3. The van der Waals surface area contributed by atoms with Crippen LogP contribution in [0, 0.1) is 44.4 Å². The van der Waals surface area contributed by atoms with Gasteiger partial charge in [0.05, 0.1) is 6.61 Å². The Hall–Kier alpha value is -2.34. The second-order valence-corrected chi connectivity index (χ2v) is 19.4. The number of phosphoric acid groups is 1. The van der Waals surface area contributed by atoms with Crippen LogP contribution in [0.2, 0.25) is 0 Å². The quantitative estimate of drug-likeness (QED) is 0.0332. The maximum absolute atomic E-state index is 12.7. The van der Waals surface area contributed by atoms with Crippen molar-refractivity contribution in [2.24, 2.45) is 23.7 Å². The van der Waals surface area contributed by atoms with Gasteiger partial charge in [-0.2, -0.15) is 0 Å². The number of hydrogen-bond acceptors (Lipinski definition) is 5. The monoisotopic (exact) mass is 829 g/mol. The molecule has 8 heteroatoms. The number of fused-ring (bicyclic) bond motifs is 1. The molecule has 58 heavy (non-hydrogen) atoms. The summed E-state index contributed by atoms with van der Waals surface area (Å²) in [6.07, 6.45) is 36.9. The highest BCUT2D eigenvalue weighted by Gasteiger charge is 2.41. The topological polar surface area (TPSA) is 102 Å². The molecule has 1 aliphatic rings. The minimum Gasteiger partial charge on any atom is -0.487 e. The van der Waals surface area contributed by atoms with E-state index in [9.17, 15) is 19.1 Å². The fraction of sp³-hybridized carbons (Fsp3) is 0.740. The van der Waals surface area contributed by atoms with Crippen LogP contribution in [0.4, 0.5) is 0 Å². The summed E-state index contributed by atoms with van der Waals surface area (Å²) in [4.78, 5) is 31.9. The van der Waals surface area contributed by atoms with E-state index in [0.717, 1.165) is 105 Å². The van der Waals surface area contributed by atoms with Gasteiger partial charge in [-0.1, -0.05) is 129 Å². The second-order valence-electron chi connectivity index (χ2n) is 18.2. The van der Waals surface area contributed by atoms with E-state index < -0.39 is 13.4 Å². The van der Waals surface area contributed by atoms with E-state index in [-0.39, 0.29) is 17.6 Å². The number of esters is 1. The summed E-state index contributed by atoms with van der Waals surface area (Å²) in [5.74, 6) is 3.44. The molecule has 0 spiro atoms. The van der Waals surface area contributed by atoms with E-state index in [1.54, 1.807) is 0 Å². The van der Waals surface area contributed by atoms with Crippen LogP contribution in [0.25, 0.3) is 0 Å². The number of rotatable bonds is 31. The summed E-state index contributed by atoms with van der Waals surface area (Å²) in [5, 5.41) is 0. The molecule has 2 N–H and O–H groups in total. The Labute approximate surface area is 355 Å². The van der Waals surface area contributed by atoms with Gasteiger partial charge in [0.2, 0.25) is 0 Å². The molecule has 7 nitrogen and oxygen atoms in total. The van der Waals surface area contributed by atoms with Crippen LogP contribution >= 0.6 is 7.82 Å². The summed E-state index contributed by atoms with van der Waals surface area (Å²) >= 11 is 0. The molecule has 1 aliphatic heterocycles. The first kappa shape index (κ1) is 51.8.